The second-order valence-corrected chi connectivity index (χ2v) is 5.53. The molecule has 2 rings (SSSR count). The van der Waals surface area contributed by atoms with Crippen molar-refractivity contribution < 1.29 is 55.1 Å². The fraction of sp³-hybridized carbons (Fsp3) is 1.00. The molecule has 2 heterocycles. The van der Waals surface area contributed by atoms with Crippen molar-refractivity contribution in [3.05, 3.63) is 0 Å². The zero-order chi connectivity index (χ0) is 17.3. The van der Waals surface area contributed by atoms with Crippen LogP contribution in [0, 0.1) is 0 Å². The van der Waals surface area contributed by atoms with Gasteiger partial charge in [-0.1, -0.05) is 0 Å². The zero-order valence-electron chi connectivity index (χ0n) is 12.0. The van der Waals surface area contributed by atoms with E-state index in [4.69, 9.17) is 19.3 Å². The number of rotatable bonds is 4. The van der Waals surface area contributed by atoms with Crippen LogP contribution >= 0.6 is 0 Å². The van der Waals surface area contributed by atoms with Crippen LogP contribution in [-0.2, 0) is 14.2 Å². The van der Waals surface area contributed by atoms with Crippen LogP contribution in [0.3, 0.4) is 0 Å². The molecule has 0 saturated carbocycles. The van der Waals surface area contributed by atoms with E-state index in [-0.39, 0.29) is 0 Å². The molecule has 0 aliphatic carbocycles. The average molecular weight is 342 g/mol. The van der Waals surface area contributed by atoms with Gasteiger partial charge in [-0.15, -0.1) is 0 Å². The Balaban J connectivity index is 2.11. The Hall–Kier alpha value is -0.440. The molecule has 11 nitrogen and oxygen atoms in total. The lowest BCUT2D eigenvalue weighted by Crippen LogP contribution is -2.64. The molecule has 2 aliphatic heterocycles. The fourth-order valence-corrected chi connectivity index (χ4v) is 2.57. The second-order valence-electron chi connectivity index (χ2n) is 5.53. The summed E-state index contributed by atoms with van der Waals surface area (Å²) in [6.07, 6.45) is -15.6. The average Bonchev–Trinajstić information content (AvgIpc) is 2.55. The molecule has 0 radical (unpaired) electrons. The number of aliphatic hydroxyl groups excluding tert-OH is 8. The molecule has 0 aromatic rings. The van der Waals surface area contributed by atoms with Gasteiger partial charge in [-0.3, -0.25) is 0 Å². The summed E-state index contributed by atoms with van der Waals surface area (Å²) in [6, 6.07) is 0. The minimum Gasteiger partial charge on any atom is -0.394 e. The minimum atomic E-state index is -1.74. The lowest BCUT2D eigenvalue weighted by Gasteiger charge is -2.45. The van der Waals surface area contributed by atoms with Crippen LogP contribution in [0.4, 0.5) is 0 Å². The number of hydrogen-bond donors (Lipinski definition) is 8. The van der Waals surface area contributed by atoms with Crippen LogP contribution < -0.4 is 0 Å². The molecule has 11 heteroatoms. The topological polar surface area (TPSA) is 190 Å². The fourth-order valence-electron chi connectivity index (χ4n) is 2.57. The van der Waals surface area contributed by atoms with Gasteiger partial charge in [-0.2, -0.15) is 0 Å². The molecule has 2 aliphatic rings. The summed E-state index contributed by atoms with van der Waals surface area (Å²) in [7, 11) is 0. The number of hydrogen-bond acceptors (Lipinski definition) is 11. The van der Waals surface area contributed by atoms with E-state index < -0.39 is 74.6 Å². The molecule has 0 aromatic heterocycles. The van der Waals surface area contributed by atoms with Crippen LogP contribution in [0.25, 0.3) is 0 Å². The summed E-state index contributed by atoms with van der Waals surface area (Å²) in [5, 5.41) is 76.5. The summed E-state index contributed by atoms with van der Waals surface area (Å²) in [5.41, 5.74) is 0. The van der Waals surface area contributed by atoms with Crippen molar-refractivity contribution in [2.75, 3.05) is 13.2 Å². The summed E-state index contributed by atoms with van der Waals surface area (Å²) >= 11 is 0. The molecule has 0 spiro atoms. The van der Waals surface area contributed by atoms with E-state index >= 15 is 0 Å². The van der Waals surface area contributed by atoms with Gasteiger partial charge in [0.1, 0.15) is 48.8 Å². The summed E-state index contributed by atoms with van der Waals surface area (Å²) in [4.78, 5) is 0. The van der Waals surface area contributed by atoms with Crippen LogP contribution in [0.2, 0.25) is 0 Å². The molecule has 8 N–H and O–H groups in total. The Labute approximate surface area is 130 Å². The number of ether oxygens (including phenoxy) is 3. The van der Waals surface area contributed by atoms with E-state index in [2.05, 4.69) is 0 Å². The van der Waals surface area contributed by atoms with E-state index in [0.29, 0.717) is 0 Å². The maximum absolute atomic E-state index is 9.94. The molecule has 10 atom stereocenters. The first-order valence-electron chi connectivity index (χ1n) is 7.08. The highest BCUT2D eigenvalue weighted by molar-refractivity contribution is 4.93. The Bertz CT molecular complexity index is 378. The Kier molecular flexibility index (Phi) is 6.27. The van der Waals surface area contributed by atoms with E-state index in [1.165, 1.54) is 0 Å². The van der Waals surface area contributed by atoms with E-state index in [0.717, 1.165) is 0 Å². The van der Waals surface area contributed by atoms with Gasteiger partial charge in [0.25, 0.3) is 0 Å². The molecule has 136 valence electrons. The first kappa shape index (κ1) is 18.9. The Morgan fingerprint density at radius 3 is 1.83 bits per heavy atom. The smallest absolute Gasteiger partial charge is 0.187 e. The Morgan fingerprint density at radius 1 is 0.652 bits per heavy atom. The molecular weight excluding hydrogens is 320 g/mol. The van der Waals surface area contributed by atoms with Crippen molar-refractivity contribution in [1.82, 2.24) is 0 Å². The highest BCUT2D eigenvalue weighted by Crippen LogP contribution is 2.28. The number of aliphatic hydroxyl groups is 8. The lowest BCUT2D eigenvalue weighted by molar-refractivity contribution is -0.355. The minimum absolute atomic E-state index is 0.667. The summed E-state index contributed by atoms with van der Waals surface area (Å²) < 4.78 is 15.3. The van der Waals surface area contributed by atoms with Crippen LogP contribution in [0.5, 0.6) is 0 Å². The van der Waals surface area contributed by atoms with Crippen molar-refractivity contribution >= 4 is 0 Å². The maximum Gasteiger partial charge on any atom is 0.187 e. The normalized spacial score (nSPS) is 51.7. The van der Waals surface area contributed by atoms with Gasteiger partial charge in [0.05, 0.1) is 13.2 Å². The third-order valence-electron chi connectivity index (χ3n) is 3.98. The summed E-state index contributed by atoms with van der Waals surface area (Å²) in [6.45, 7) is -1.35. The maximum atomic E-state index is 9.94. The van der Waals surface area contributed by atoms with Crippen LogP contribution in [0.1, 0.15) is 0 Å². The molecule has 23 heavy (non-hydrogen) atoms. The van der Waals surface area contributed by atoms with Crippen LogP contribution in [0.15, 0.2) is 0 Å². The van der Waals surface area contributed by atoms with Crippen molar-refractivity contribution in [3.8, 4) is 0 Å². The summed E-state index contributed by atoms with van der Waals surface area (Å²) in [5.74, 6) is 0. The monoisotopic (exact) mass is 342 g/mol. The quantitative estimate of drug-likeness (QED) is 0.243. The van der Waals surface area contributed by atoms with Gasteiger partial charge in [-0.25, -0.2) is 0 Å². The lowest BCUT2D eigenvalue weighted by atomic mass is 9.97. The van der Waals surface area contributed by atoms with Crippen molar-refractivity contribution in [2.24, 2.45) is 0 Å². The van der Waals surface area contributed by atoms with E-state index in [9.17, 15) is 35.7 Å². The van der Waals surface area contributed by atoms with Crippen molar-refractivity contribution in [2.45, 2.75) is 61.4 Å². The first-order valence-corrected chi connectivity index (χ1v) is 7.08. The first-order chi connectivity index (χ1) is 10.8. The Morgan fingerprint density at radius 2 is 1.26 bits per heavy atom. The van der Waals surface area contributed by atoms with Gasteiger partial charge in [0, 0.05) is 0 Å². The zero-order valence-corrected chi connectivity index (χ0v) is 12.0. The highest BCUT2D eigenvalue weighted by Gasteiger charge is 2.50. The van der Waals surface area contributed by atoms with Gasteiger partial charge in [-0.05, 0) is 0 Å². The third kappa shape index (κ3) is 3.65. The molecule has 0 bridgehead atoms. The largest absolute Gasteiger partial charge is 0.394 e. The highest BCUT2D eigenvalue weighted by atomic mass is 16.7. The third-order valence-corrected chi connectivity index (χ3v) is 3.98. The van der Waals surface area contributed by atoms with Gasteiger partial charge in [0.2, 0.25) is 0 Å². The van der Waals surface area contributed by atoms with E-state index in [1.807, 2.05) is 0 Å². The van der Waals surface area contributed by atoms with Crippen LogP contribution in [-0.4, -0.2) is 115 Å². The molecular formula is C12H22O11. The predicted octanol–water partition coefficient (Wildman–Crippen LogP) is -5.40. The SMILES string of the molecule is OC[C@@H]1O[C@H](O[C@H]2[C@@H](O)[C@@H](O)[C@@H](O)O[C@H]2CO)[C@@H](O)[C@H](O)[C@@H]1O. The second kappa shape index (κ2) is 7.63. The van der Waals surface area contributed by atoms with Crippen molar-refractivity contribution in [3.63, 3.8) is 0 Å². The van der Waals surface area contributed by atoms with Gasteiger partial charge >= 0.3 is 0 Å². The standard InChI is InChI=1S/C12H22O11/c13-1-3-5(15)6(16)9(19)12(22-3)23-10-4(2-14)21-11(20)8(18)7(10)17/h3-20H,1-2H2/t3-,4-,5+,6+,7-,8+,9-,10+,11-,12+/m0/s1. The van der Waals surface area contributed by atoms with E-state index in [1.54, 1.807) is 0 Å². The molecule has 2 fully saturated rings. The van der Waals surface area contributed by atoms with Gasteiger partial charge < -0.3 is 55.1 Å². The predicted molar refractivity (Wildman–Crippen MR) is 68.6 cm³/mol. The van der Waals surface area contributed by atoms with Crippen molar-refractivity contribution in [1.29, 1.82) is 0 Å². The molecule has 0 amide bonds. The molecule has 0 aromatic carbocycles. The van der Waals surface area contributed by atoms with Gasteiger partial charge in [0.15, 0.2) is 12.6 Å². The molecule has 0 unspecified atom stereocenters. The molecule has 2 saturated heterocycles.